The summed E-state index contributed by atoms with van der Waals surface area (Å²) in [5.74, 6) is 0.727. The van der Waals surface area contributed by atoms with Crippen molar-refractivity contribution >= 4 is 51.7 Å². The Labute approximate surface area is 156 Å². The fraction of sp³-hybridized carbons (Fsp3) is 0.923. The van der Waals surface area contributed by atoms with Gasteiger partial charge in [-0.2, -0.15) is 11.8 Å². The number of hydrogen-bond donors (Lipinski definition) is 3. The van der Waals surface area contributed by atoms with E-state index in [0.717, 1.165) is 24.1 Å². The standard InChI is InChI=1S/C13H28N4O2S2.HI/c1-13(2,17-21(5,18)19)9-15-12(14-3)16-10-6-7-11(8-10)20-4;/h10-11,17H,6-9H2,1-5H3,(H2,14,15,16);1H. The first-order valence-electron chi connectivity index (χ1n) is 7.14. The van der Waals surface area contributed by atoms with Crippen molar-refractivity contribution in [2.24, 2.45) is 4.99 Å². The molecule has 0 aromatic rings. The number of thioether (sulfide) groups is 1. The summed E-state index contributed by atoms with van der Waals surface area (Å²) in [6.45, 7) is 4.15. The van der Waals surface area contributed by atoms with Gasteiger partial charge in [0, 0.05) is 30.4 Å². The first kappa shape index (κ1) is 22.3. The van der Waals surface area contributed by atoms with Gasteiger partial charge in [-0.1, -0.05) is 0 Å². The number of aliphatic imine (C=N–C) groups is 1. The lowest BCUT2D eigenvalue weighted by atomic mass is 10.1. The molecule has 3 N–H and O–H groups in total. The van der Waals surface area contributed by atoms with Crippen LogP contribution in [-0.4, -0.2) is 57.3 Å². The molecule has 22 heavy (non-hydrogen) atoms. The third-order valence-corrected chi connectivity index (χ3v) is 5.46. The fourth-order valence-electron chi connectivity index (χ4n) is 2.52. The molecule has 0 aromatic heterocycles. The topological polar surface area (TPSA) is 82.6 Å². The zero-order chi connectivity index (χ0) is 16.1. The summed E-state index contributed by atoms with van der Waals surface area (Å²) in [5, 5.41) is 7.34. The second kappa shape index (κ2) is 9.53. The van der Waals surface area contributed by atoms with Crippen LogP contribution in [-0.2, 0) is 10.0 Å². The Bertz CT molecular complexity index is 469. The highest BCUT2D eigenvalue weighted by molar-refractivity contribution is 14.0. The summed E-state index contributed by atoms with van der Waals surface area (Å²) < 4.78 is 25.3. The molecule has 1 aliphatic rings. The molecule has 132 valence electrons. The van der Waals surface area contributed by atoms with Crippen molar-refractivity contribution in [2.75, 3.05) is 26.1 Å². The zero-order valence-electron chi connectivity index (χ0n) is 14.0. The molecular formula is C13H29IN4O2S2. The fourth-order valence-corrected chi connectivity index (χ4v) is 4.39. The summed E-state index contributed by atoms with van der Waals surface area (Å²) >= 11 is 1.92. The number of halogens is 1. The highest BCUT2D eigenvalue weighted by atomic mass is 127. The Balaban J connectivity index is 0.00000441. The van der Waals surface area contributed by atoms with E-state index in [4.69, 9.17) is 0 Å². The van der Waals surface area contributed by atoms with E-state index in [1.807, 2.05) is 25.6 Å². The molecule has 1 aliphatic carbocycles. The van der Waals surface area contributed by atoms with Gasteiger partial charge in [-0.25, -0.2) is 13.1 Å². The van der Waals surface area contributed by atoms with Crippen molar-refractivity contribution in [3.8, 4) is 0 Å². The van der Waals surface area contributed by atoms with Gasteiger partial charge in [0.25, 0.3) is 0 Å². The lowest BCUT2D eigenvalue weighted by molar-refractivity contribution is 0.444. The van der Waals surface area contributed by atoms with Crippen LogP contribution in [0.5, 0.6) is 0 Å². The SMILES string of the molecule is CN=C(NCC(C)(C)NS(C)(=O)=O)NC1CCC(SC)C1.I. The van der Waals surface area contributed by atoms with Gasteiger partial charge < -0.3 is 10.6 Å². The largest absolute Gasteiger partial charge is 0.355 e. The number of nitrogens with one attached hydrogen (secondary N) is 3. The molecule has 0 bridgehead atoms. The highest BCUT2D eigenvalue weighted by Crippen LogP contribution is 2.27. The Kier molecular flexibility index (Phi) is 9.64. The molecule has 0 amide bonds. The van der Waals surface area contributed by atoms with E-state index in [-0.39, 0.29) is 24.0 Å². The third-order valence-electron chi connectivity index (χ3n) is 3.44. The number of hydrogen-bond acceptors (Lipinski definition) is 4. The Hall–Kier alpha value is 0.260. The molecule has 0 spiro atoms. The smallest absolute Gasteiger partial charge is 0.209 e. The summed E-state index contributed by atoms with van der Waals surface area (Å²) in [6, 6.07) is 0.444. The van der Waals surface area contributed by atoms with Crippen LogP contribution in [0.3, 0.4) is 0 Å². The maximum Gasteiger partial charge on any atom is 0.209 e. The van der Waals surface area contributed by atoms with Gasteiger partial charge in [-0.3, -0.25) is 4.99 Å². The molecule has 1 fully saturated rings. The van der Waals surface area contributed by atoms with Crippen LogP contribution in [0.25, 0.3) is 0 Å². The molecule has 6 nitrogen and oxygen atoms in total. The number of nitrogens with zero attached hydrogens (tertiary/aromatic N) is 1. The van der Waals surface area contributed by atoms with Crippen molar-refractivity contribution in [3.63, 3.8) is 0 Å². The lowest BCUT2D eigenvalue weighted by Crippen LogP contribution is -2.53. The lowest BCUT2D eigenvalue weighted by Gasteiger charge is -2.27. The maximum absolute atomic E-state index is 11.3. The van der Waals surface area contributed by atoms with E-state index in [9.17, 15) is 8.42 Å². The molecular weight excluding hydrogens is 435 g/mol. The van der Waals surface area contributed by atoms with Gasteiger partial charge in [0.05, 0.1) is 6.26 Å². The Morgan fingerprint density at radius 1 is 1.36 bits per heavy atom. The van der Waals surface area contributed by atoms with Crippen molar-refractivity contribution in [3.05, 3.63) is 0 Å². The minimum absolute atomic E-state index is 0. The van der Waals surface area contributed by atoms with Crippen LogP contribution in [0.4, 0.5) is 0 Å². The molecule has 0 heterocycles. The molecule has 0 aliphatic heterocycles. The molecule has 2 atom stereocenters. The van der Waals surface area contributed by atoms with Crippen LogP contribution < -0.4 is 15.4 Å². The van der Waals surface area contributed by atoms with Crippen molar-refractivity contribution in [1.82, 2.24) is 15.4 Å². The molecule has 1 rings (SSSR count). The molecule has 1 saturated carbocycles. The Morgan fingerprint density at radius 3 is 2.45 bits per heavy atom. The summed E-state index contributed by atoms with van der Waals surface area (Å²) in [4.78, 5) is 4.21. The van der Waals surface area contributed by atoms with Gasteiger partial charge in [0.15, 0.2) is 5.96 Å². The zero-order valence-corrected chi connectivity index (χ0v) is 17.9. The highest BCUT2D eigenvalue weighted by Gasteiger charge is 2.26. The van der Waals surface area contributed by atoms with Crippen LogP contribution >= 0.6 is 35.7 Å². The molecule has 0 radical (unpaired) electrons. The van der Waals surface area contributed by atoms with Crippen molar-refractivity contribution in [2.45, 2.75) is 49.9 Å². The van der Waals surface area contributed by atoms with Gasteiger partial charge in [-0.15, -0.1) is 24.0 Å². The summed E-state index contributed by atoms with van der Waals surface area (Å²) in [7, 11) is -1.49. The Morgan fingerprint density at radius 2 is 2.00 bits per heavy atom. The van der Waals surface area contributed by atoms with E-state index in [0.29, 0.717) is 12.6 Å². The van der Waals surface area contributed by atoms with E-state index >= 15 is 0 Å². The average Bonchev–Trinajstić information content (AvgIpc) is 2.79. The number of sulfonamides is 1. The van der Waals surface area contributed by atoms with E-state index in [1.165, 1.54) is 12.7 Å². The minimum atomic E-state index is -3.22. The molecule has 0 saturated heterocycles. The summed E-state index contributed by atoms with van der Waals surface area (Å²) in [5.41, 5.74) is -0.567. The second-order valence-corrected chi connectivity index (χ2v) is 9.08. The van der Waals surface area contributed by atoms with Gasteiger partial charge >= 0.3 is 0 Å². The van der Waals surface area contributed by atoms with E-state index in [1.54, 1.807) is 7.05 Å². The quantitative estimate of drug-likeness (QED) is 0.315. The average molecular weight is 464 g/mol. The number of rotatable bonds is 6. The van der Waals surface area contributed by atoms with E-state index < -0.39 is 15.6 Å². The van der Waals surface area contributed by atoms with Crippen LogP contribution in [0.1, 0.15) is 33.1 Å². The predicted molar refractivity (Wildman–Crippen MR) is 107 cm³/mol. The molecule has 9 heteroatoms. The first-order chi connectivity index (χ1) is 9.65. The summed E-state index contributed by atoms with van der Waals surface area (Å²) in [6.07, 6.45) is 6.85. The van der Waals surface area contributed by atoms with Crippen LogP contribution in [0.2, 0.25) is 0 Å². The third kappa shape index (κ3) is 8.78. The normalized spacial score (nSPS) is 23.0. The van der Waals surface area contributed by atoms with Gasteiger partial charge in [0.2, 0.25) is 10.0 Å². The molecule has 0 aromatic carbocycles. The maximum atomic E-state index is 11.3. The van der Waals surface area contributed by atoms with Gasteiger partial charge in [-0.05, 0) is 39.4 Å². The van der Waals surface area contributed by atoms with Gasteiger partial charge in [0.1, 0.15) is 0 Å². The molecule has 2 unspecified atom stereocenters. The predicted octanol–water partition coefficient (Wildman–Crippen LogP) is 1.38. The first-order valence-corrected chi connectivity index (χ1v) is 10.3. The van der Waals surface area contributed by atoms with E-state index in [2.05, 4.69) is 26.6 Å². The van der Waals surface area contributed by atoms with Crippen LogP contribution in [0.15, 0.2) is 4.99 Å². The van der Waals surface area contributed by atoms with Crippen molar-refractivity contribution < 1.29 is 8.42 Å². The van der Waals surface area contributed by atoms with Crippen LogP contribution in [0, 0.1) is 0 Å². The number of guanidine groups is 1. The van der Waals surface area contributed by atoms with Crippen molar-refractivity contribution in [1.29, 1.82) is 0 Å². The second-order valence-electron chi connectivity index (χ2n) is 6.20. The monoisotopic (exact) mass is 464 g/mol. The minimum Gasteiger partial charge on any atom is -0.355 e.